The van der Waals surface area contributed by atoms with Crippen LogP contribution in [-0.2, 0) is 12.7 Å². The van der Waals surface area contributed by atoms with Crippen molar-refractivity contribution in [3.63, 3.8) is 0 Å². The molecule has 0 unspecified atom stereocenters. The Morgan fingerprint density at radius 2 is 1.69 bits per heavy atom. The van der Waals surface area contributed by atoms with Crippen molar-refractivity contribution < 1.29 is 32.2 Å². The number of unbranched alkanes of at least 4 members (excludes halogenated alkanes) is 2. The molecule has 1 aromatic heterocycles. The number of halogens is 3. The zero-order valence-corrected chi connectivity index (χ0v) is 20.1. The zero-order valence-electron chi connectivity index (χ0n) is 20.1. The maximum atomic E-state index is 14.0. The Morgan fingerprint density at radius 1 is 1.03 bits per heavy atom. The molecule has 0 spiro atoms. The van der Waals surface area contributed by atoms with E-state index in [9.17, 15) is 23.1 Å². The van der Waals surface area contributed by atoms with Gasteiger partial charge in [-0.15, -0.1) is 0 Å². The number of phenols is 1. The number of rotatable bonds is 11. The number of fused-ring (bicyclic) bond motifs is 1. The normalized spacial score (nSPS) is 11.9. The highest BCUT2D eigenvalue weighted by Crippen LogP contribution is 2.40. The van der Waals surface area contributed by atoms with Gasteiger partial charge < -0.3 is 19.0 Å². The molecule has 6 nitrogen and oxygen atoms in total. The highest BCUT2D eigenvalue weighted by molar-refractivity contribution is 5.83. The van der Waals surface area contributed by atoms with Gasteiger partial charge in [0.1, 0.15) is 22.8 Å². The molecule has 3 aromatic rings. The molecule has 1 N–H and O–H groups in total. The third-order valence-corrected chi connectivity index (χ3v) is 5.65. The molecule has 0 aliphatic heterocycles. The SMILES string of the molecule is CCCCN(CCCC)Cc1c(O)ccc2c(=O)c(Oc3cccc(OC)c3)c(C(F)(F)F)oc12. The van der Waals surface area contributed by atoms with E-state index in [4.69, 9.17) is 13.9 Å². The number of methoxy groups -OCH3 is 1. The van der Waals surface area contributed by atoms with Gasteiger partial charge in [-0.25, -0.2) is 0 Å². The molecule has 0 atom stereocenters. The van der Waals surface area contributed by atoms with Gasteiger partial charge in [0.25, 0.3) is 5.76 Å². The first kappa shape index (κ1) is 26.4. The number of benzene rings is 2. The summed E-state index contributed by atoms with van der Waals surface area (Å²) in [7, 11) is 1.41. The van der Waals surface area contributed by atoms with E-state index in [1.54, 1.807) is 6.07 Å². The van der Waals surface area contributed by atoms with E-state index in [1.165, 1.54) is 37.4 Å². The quantitative estimate of drug-likeness (QED) is 0.320. The number of nitrogens with zero attached hydrogens (tertiary/aromatic N) is 1. The second-order valence-electron chi connectivity index (χ2n) is 8.29. The average Bonchev–Trinajstić information content (AvgIpc) is 2.83. The molecule has 0 fully saturated rings. The Hall–Kier alpha value is -3.20. The Bertz CT molecular complexity index is 1200. The third-order valence-electron chi connectivity index (χ3n) is 5.65. The topological polar surface area (TPSA) is 72.1 Å². The first-order valence-corrected chi connectivity index (χ1v) is 11.6. The van der Waals surface area contributed by atoms with Crippen LogP contribution < -0.4 is 14.9 Å². The maximum absolute atomic E-state index is 14.0. The van der Waals surface area contributed by atoms with Gasteiger partial charge in [-0.05, 0) is 50.2 Å². The van der Waals surface area contributed by atoms with Crippen LogP contribution in [0.5, 0.6) is 23.0 Å². The van der Waals surface area contributed by atoms with Crippen molar-refractivity contribution in [2.75, 3.05) is 20.2 Å². The first-order chi connectivity index (χ1) is 16.7. The molecular formula is C26H30F3NO5. The summed E-state index contributed by atoms with van der Waals surface area (Å²) in [6.07, 6.45) is -1.32. The fraction of sp³-hybridized carbons (Fsp3) is 0.423. The lowest BCUT2D eigenvalue weighted by Crippen LogP contribution is -2.26. The summed E-state index contributed by atoms with van der Waals surface area (Å²) in [6, 6.07) is 8.45. The molecule has 9 heteroatoms. The van der Waals surface area contributed by atoms with Gasteiger partial charge in [-0.2, -0.15) is 13.2 Å². The number of hydrogen-bond donors (Lipinski definition) is 1. The molecule has 0 bridgehead atoms. The van der Waals surface area contributed by atoms with Crippen molar-refractivity contribution in [1.29, 1.82) is 0 Å². The molecule has 0 aliphatic carbocycles. The second-order valence-corrected chi connectivity index (χ2v) is 8.29. The number of hydrogen-bond acceptors (Lipinski definition) is 6. The predicted molar refractivity (Wildman–Crippen MR) is 127 cm³/mol. The van der Waals surface area contributed by atoms with Crippen LogP contribution in [0.4, 0.5) is 13.2 Å². The second kappa shape index (κ2) is 11.5. The molecule has 3 rings (SSSR count). The summed E-state index contributed by atoms with van der Waals surface area (Å²) in [5.74, 6) is -2.41. The largest absolute Gasteiger partial charge is 0.507 e. The van der Waals surface area contributed by atoms with Gasteiger partial charge in [0.05, 0.1) is 18.1 Å². The van der Waals surface area contributed by atoms with Gasteiger partial charge in [0, 0.05) is 12.6 Å². The Kier molecular flexibility index (Phi) is 8.67. The molecule has 1 heterocycles. The molecule has 0 saturated carbocycles. The van der Waals surface area contributed by atoms with Crippen molar-refractivity contribution >= 4 is 11.0 Å². The predicted octanol–water partition coefficient (Wildman–Crippen LogP) is 6.72. The minimum atomic E-state index is -5.01. The van der Waals surface area contributed by atoms with Crippen molar-refractivity contribution in [2.24, 2.45) is 0 Å². The highest BCUT2D eigenvalue weighted by atomic mass is 19.4. The number of aromatic hydroxyl groups is 1. The van der Waals surface area contributed by atoms with Gasteiger partial charge in [0.2, 0.25) is 11.2 Å². The van der Waals surface area contributed by atoms with Gasteiger partial charge in [0.15, 0.2) is 0 Å². The summed E-state index contributed by atoms with van der Waals surface area (Å²) in [5, 5.41) is 10.4. The highest BCUT2D eigenvalue weighted by Gasteiger charge is 2.41. The molecule has 0 aliphatic rings. The number of ether oxygens (including phenoxy) is 2. The molecular weight excluding hydrogens is 463 g/mol. The molecule has 0 saturated heterocycles. The van der Waals surface area contributed by atoms with Crippen LogP contribution in [0.1, 0.15) is 50.9 Å². The molecule has 190 valence electrons. The maximum Gasteiger partial charge on any atom is 0.453 e. The van der Waals surface area contributed by atoms with Crippen LogP contribution in [-0.4, -0.2) is 30.2 Å². The standard InChI is InChI=1S/C26H30F3NO5/c1-4-6-13-30(14-7-5-2)16-20-21(31)12-11-19-22(32)24(25(26(27,28)29)35-23(19)20)34-18-10-8-9-17(15-18)33-3/h8-12,15,31H,4-7,13-14,16H2,1-3H3. The fourth-order valence-corrected chi connectivity index (χ4v) is 3.76. The molecule has 0 radical (unpaired) electrons. The van der Waals surface area contributed by atoms with E-state index >= 15 is 0 Å². The molecule has 0 amide bonds. The summed E-state index contributed by atoms with van der Waals surface area (Å²) in [4.78, 5) is 15.3. The van der Waals surface area contributed by atoms with Crippen molar-refractivity contribution in [3.05, 3.63) is 57.9 Å². The first-order valence-electron chi connectivity index (χ1n) is 11.6. The molecule has 35 heavy (non-hydrogen) atoms. The summed E-state index contributed by atoms with van der Waals surface area (Å²) >= 11 is 0. The third kappa shape index (κ3) is 6.28. The lowest BCUT2D eigenvalue weighted by atomic mass is 10.1. The lowest BCUT2D eigenvalue weighted by molar-refractivity contribution is -0.154. The Balaban J connectivity index is 2.15. The van der Waals surface area contributed by atoms with Crippen LogP contribution in [0.3, 0.4) is 0 Å². The number of alkyl halides is 3. The minimum Gasteiger partial charge on any atom is -0.507 e. The van der Waals surface area contributed by atoms with Crippen LogP contribution in [0.2, 0.25) is 0 Å². The molecule has 2 aromatic carbocycles. The van der Waals surface area contributed by atoms with Crippen molar-refractivity contribution in [3.8, 4) is 23.0 Å². The van der Waals surface area contributed by atoms with E-state index < -0.39 is 23.1 Å². The van der Waals surface area contributed by atoms with Crippen molar-refractivity contribution in [2.45, 2.75) is 52.3 Å². The Morgan fingerprint density at radius 3 is 2.29 bits per heavy atom. The Labute approximate surface area is 201 Å². The van der Waals surface area contributed by atoms with Gasteiger partial charge >= 0.3 is 6.18 Å². The lowest BCUT2D eigenvalue weighted by Gasteiger charge is -2.23. The van der Waals surface area contributed by atoms with E-state index in [1.807, 2.05) is 13.8 Å². The van der Waals surface area contributed by atoms with Crippen LogP contribution in [0, 0.1) is 0 Å². The van der Waals surface area contributed by atoms with E-state index in [0.29, 0.717) is 18.8 Å². The van der Waals surface area contributed by atoms with Gasteiger partial charge in [-0.1, -0.05) is 32.8 Å². The summed E-state index contributed by atoms with van der Waals surface area (Å²) in [5.41, 5.74) is -1.13. The zero-order chi connectivity index (χ0) is 25.6. The summed E-state index contributed by atoms with van der Waals surface area (Å²) < 4.78 is 57.9. The number of phenolic OH excluding ortho intramolecular Hbond substituents is 1. The minimum absolute atomic E-state index is 0.00851. The monoisotopic (exact) mass is 493 g/mol. The van der Waals surface area contributed by atoms with Gasteiger partial charge in [-0.3, -0.25) is 9.69 Å². The van der Waals surface area contributed by atoms with E-state index in [0.717, 1.165) is 25.7 Å². The van der Waals surface area contributed by atoms with Crippen LogP contribution in [0.15, 0.2) is 45.6 Å². The van der Waals surface area contributed by atoms with E-state index in [-0.39, 0.29) is 34.6 Å². The van der Waals surface area contributed by atoms with Crippen LogP contribution >= 0.6 is 0 Å². The smallest absolute Gasteiger partial charge is 0.453 e. The average molecular weight is 494 g/mol. The van der Waals surface area contributed by atoms with Crippen LogP contribution in [0.25, 0.3) is 11.0 Å². The summed E-state index contributed by atoms with van der Waals surface area (Å²) in [6.45, 7) is 5.66. The van der Waals surface area contributed by atoms with Crippen molar-refractivity contribution in [1.82, 2.24) is 4.90 Å². The fourth-order valence-electron chi connectivity index (χ4n) is 3.76. The van der Waals surface area contributed by atoms with E-state index in [2.05, 4.69) is 4.90 Å².